The predicted molar refractivity (Wildman–Crippen MR) is 125 cm³/mol. The SMILES string of the molecule is CCc1cccc(CC)c1NC(=O)/C=C/c1ccc(OC)c(S(=O)(=O)N2CCOCC2)c1. The second-order valence-corrected chi connectivity index (χ2v) is 9.31. The summed E-state index contributed by atoms with van der Waals surface area (Å²) in [5.74, 6) is -0.00319. The number of hydrogen-bond acceptors (Lipinski definition) is 5. The molecule has 0 aliphatic carbocycles. The molecule has 8 heteroatoms. The average Bonchev–Trinajstić information content (AvgIpc) is 2.83. The van der Waals surface area contributed by atoms with E-state index in [4.69, 9.17) is 9.47 Å². The molecule has 0 atom stereocenters. The largest absolute Gasteiger partial charge is 0.495 e. The highest BCUT2D eigenvalue weighted by Gasteiger charge is 2.29. The molecule has 1 heterocycles. The van der Waals surface area contributed by atoms with E-state index in [0.29, 0.717) is 31.9 Å². The van der Waals surface area contributed by atoms with E-state index in [1.54, 1.807) is 18.2 Å². The van der Waals surface area contributed by atoms with Gasteiger partial charge in [0, 0.05) is 24.9 Å². The van der Waals surface area contributed by atoms with Gasteiger partial charge in [-0.25, -0.2) is 8.42 Å². The van der Waals surface area contributed by atoms with Crippen LogP contribution in [0.1, 0.15) is 30.5 Å². The zero-order valence-corrected chi connectivity index (χ0v) is 19.6. The van der Waals surface area contributed by atoms with Crippen molar-refractivity contribution in [3.8, 4) is 5.75 Å². The van der Waals surface area contributed by atoms with Gasteiger partial charge in [-0.05, 0) is 47.7 Å². The summed E-state index contributed by atoms with van der Waals surface area (Å²) in [5.41, 5.74) is 3.59. The number of nitrogens with zero attached hydrogens (tertiary/aromatic N) is 1. The molecule has 2 aromatic rings. The van der Waals surface area contributed by atoms with E-state index in [-0.39, 0.29) is 16.6 Å². The summed E-state index contributed by atoms with van der Waals surface area (Å²) in [7, 11) is -2.30. The molecule has 3 rings (SSSR count). The zero-order valence-electron chi connectivity index (χ0n) is 18.8. The van der Waals surface area contributed by atoms with E-state index in [2.05, 4.69) is 5.32 Å². The lowest BCUT2D eigenvalue weighted by Crippen LogP contribution is -2.40. The Balaban J connectivity index is 1.84. The first-order chi connectivity index (χ1) is 15.4. The third kappa shape index (κ3) is 5.38. The van der Waals surface area contributed by atoms with E-state index in [9.17, 15) is 13.2 Å². The Morgan fingerprint density at radius 1 is 1.12 bits per heavy atom. The maximum Gasteiger partial charge on any atom is 0.248 e. The second kappa shape index (κ2) is 10.8. The van der Waals surface area contributed by atoms with Gasteiger partial charge < -0.3 is 14.8 Å². The minimum absolute atomic E-state index is 0.0778. The van der Waals surface area contributed by atoms with E-state index in [1.807, 2.05) is 32.0 Å². The van der Waals surface area contributed by atoms with E-state index >= 15 is 0 Å². The number of methoxy groups -OCH3 is 1. The number of amides is 1. The van der Waals surface area contributed by atoms with Crippen LogP contribution in [0, 0.1) is 0 Å². The minimum atomic E-state index is -3.74. The van der Waals surface area contributed by atoms with Crippen LogP contribution in [0.3, 0.4) is 0 Å². The van der Waals surface area contributed by atoms with Gasteiger partial charge in [0.2, 0.25) is 15.9 Å². The van der Waals surface area contributed by atoms with Gasteiger partial charge in [-0.15, -0.1) is 0 Å². The molecule has 1 amide bonds. The molecule has 7 nitrogen and oxygen atoms in total. The fraction of sp³-hybridized carbons (Fsp3) is 0.375. The van der Waals surface area contributed by atoms with Crippen molar-refractivity contribution in [2.24, 2.45) is 0 Å². The molecule has 2 aromatic carbocycles. The first-order valence-corrected chi connectivity index (χ1v) is 12.2. The van der Waals surface area contributed by atoms with Crippen molar-refractivity contribution < 1.29 is 22.7 Å². The number of aryl methyl sites for hydroxylation is 2. The number of ether oxygens (including phenoxy) is 2. The quantitative estimate of drug-likeness (QED) is 0.612. The number of hydrogen-bond donors (Lipinski definition) is 1. The highest BCUT2D eigenvalue weighted by atomic mass is 32.2. The van der Waals surface area contributed by atoms with Crippen LogP contribution in [0.5, 0.6) is 5.75 Å². The Morgan fingerprint density at radius 2 is 1.78 bits per heavy atom. The van der Waals surface area contributed by atoms with Crippen LogP contribution < -0.4 is 10.1 Å². The molecule has 32 heavy (non-hydrogen) atoms. The summed E-state index contributed by atoms with van der Waals surface area (Å²) < 4.78 is 38.2. The fourth-order valence-corrected chi connectivity index (χ4v) is 5.26. The van der Waals surface area contributed by atoms with E-state index < -0.39 is 10.0 Å². The van der Waals surface area contributed by atoms with Gasteiger partial charge in [0.1, 0.15) is 10.6 Å². The Hall–Kier alpha value is -2.68. The summed E-state index contributed by atoms with van der Waals surface area (Å²) in [4.78, 5) is 12.7. The number of nitrogens with one attached hydrogen (secondary N) is 1. The Kier molecular flexibility index (Phi) is 8.06. The molecule has 0 spiro atoms. The highest BCUT2D eigenvalue weighted by Crippen LogP contribution is 2.29. The summed E-state index contributed by atoms with van der Waals surface area (Å²) in [6.45, 7) is 5.41. The van der Waals surface area contributed by atoms with Crippen LogP contribution >= 0.6 is 0 Å². The van der Waals surface area contributed by atoms with Crippen LogP contribution in [0.25, 0.3) is 6.08 Å². The molecule has 0 bridgehead atoms. The van der Waals surface area contributed by atoms with Crippen molar-refractivity contribution in [2.75, 3.05) is 38.7 Å². The van der Waals surface area contributed by atoms with E-state index in [1.165, 1.54) is 23.6 Å². The number of anilines is 1. The van der Waals surface area contributed by atoms with Crippen molar-refractivity contribution in [1.82, 2.24) is 4.31 Å². The molecule has 1 aliphatic rings. The minimum Gasteiger partial charge on any atom is -0.495 e. The van der Waals surface area contributed by atoms with Gasteiger partial charge >= 0.3 is 0 Å². The maximum absolute atomic E-state index is 13.1. The van der Waals surface area contributed by atoms with Crippen LogP contribution in [-0.4, -0.2) is 52.0 Å². The van der Waals surface area contributed by atoms with Crippen molar-refractivity contribution in [1.29, 1.82) is 0 Å². The van der Waals surface area contributed by atoms with Crippen LogP contribution in [0.15, 0.2) is 47.4 Å². The lowest BCUT2D eigenvalue weighted by molar-refractivity contribution is -0.111. The lowest BCUT2D eigenvalue weighted by Gasteiger charge is -2.26. The molecule has 1 aliphatic heterocycles. The molecular weight excluding hydrogens is 428 g/mol. The first-order valence-electron chi connectivity index (χ1n) is 10.8. The van der Waals surface area contributed by atoms with Gasteiger partial charge in [-0.1, -0.05) is 38.1 Å². The molecular formula is C24H30N2O5S. The normalized spacial score (nSPS) is 15.1. The van der Waals surface area contributed by atoms with Crippen molar-refractivity contribution in [2.45, 2.75) is 31.6 Å². The second-order valence-electron chi connectivity index (χ2n) is 7.41. The molecule has 1 fully saturated rings. The van der Waals surface area contributed by atoms with E-state index in [0.717, 1.165) is 29.7 Å². The standard InChI is InChI=1S/C24H30N2O5S/c1-4-19-7-6-8-20(5-2)24(19)25-23(27)12-10-18-9-11-21(30-3)22(17-18)32(28,29)26-13-15-31-16-14-26/h6-12,17H,4-5,13-16H2,1-3H3,(H,25,27)/b12-10+. The summed E-state index contributed by atoms with van der Waals surface area (Å²) in [6.07, 6.45) is 4.65. The third-order valence-electron chi connectivity index (χ3n) is 5.45. The molecule has 1 saturated heterocycles. The maximum atomic E-state index is 13.1. The van der Waals surface area contributed by atoms with Crippen molar-refractivity contribution in [3.05, 3.63) is 59.2 Å². The van der Waals surface area contributed by atoms with Gasteiger partial charge in [-0.2, -0.15) is 4.31 Å². The lowest BCUT2D eigenvalue weighted by atomic mass is 10.0. The molecule has 0 radical (unpaired) electrons. The van der Waals surface area contributed by atoms with Crippen LogP contribution in [0.4, 0.5) is 5.69 Å². The van der Waals surface area contributed by atoms with Gasteiger partial charge in [0.15, 0.2) is 0 Å². The fourth-order valence-electron chi connectivity index (χ4n) is 3.66. The summed E-state index contributed by atoms with van der Waals surface area (Å²) >= 11 is 0. The Labute approximate surface area is 190 Å². The van der Waals surface area contributed by atoms with Crippen LogP contribution in [0.2, 0.25) is 0 Å². The monoisotopic (exact) mass is 458 g/mol. The number of rotatable bonds is 8. The number of carbonyl (C=O) groups excluding carboxylic acids is 1. The molecule has 0 saturated carbocycles. The smallest absolute Gasteiger partial charge is 0.248 e. The van der Waals surface area contributed by atoms with Gasteiger partial charge in [0.05, 0.1) is 20.3 Å². The predicted octanol–water partition coefficient (Wildman–Crippen LogP) is 3.49. The van der Waals surface area contributed by atoms with Gasteiger partial charge in [-0.3, -0.25) is 4.79 Å². The van der Waals surface area contributed by atoms with Crippen molar-refractivity contribution in [3.63, 3.8) is 0 Å². The third-order valence-corrected chi connectivity index (χ3v) is 7.37. The number of carbonyl (C=O) groups is 1. The van der Waals surface area contributed by atoms with Crippen molar-refractivity contribution >= 4 is 27.7 Å². The van der Waals surface area contributed by atoms with Gasteiger partial charge in [0.25, 0.3) is 0 Å². The topological polar surface area (TPSA) is 84.9 Å². The average molecular weight is 459 g/mol. The highest BCUT2D eigenvalue weighted by molar-refractivity contribution is 7.89. The molecule has 0 aromatic heterocycles. The Bertz CT molecular complexity index is 1070. The molecule has 0 unspecified atom stereocenters. The number of sulfonamides is 1. The number of benzene rings is 2. The summed E-state index contributed by atoms with van der Waals surface area (Å²) in [6, 6.07) is 10.9. The molecule has 1 N–H and O–H groups in total. The first kappa shape index (κ1) is 24.0. The zero-order chi connectivity index (χ0) is 23.1. The van der Waals surface area contributed by atoms with Crippen LogP contribution in [-0.2, 0) is 32.4 Å². The number of morpholine rings is 1. The summed E-state index contributed by atoms with van der Waals surface area (Å²) in [5, 5.41) is 2.98. The Morgan fingerprint density at radius 3 is 2.38 bits per heavy atom. The molecule has 172 valence electrons. The number of para-hydroxylation sites is 1.